The number of morpholine rings is 2. The van der Waals surface area contributed by atoms with Gasteiger partial charge in [0.05, 0.1) is 86.9 Å². The maximum Gasteiger partial charge on any atom is 0.261 e. The molecule has 4 aliphatic heterocycles. The molecular formula is C46H48N12O6. The van der Waals surface area contributed by atoms with E-state index in [2.05, 4.69) is 66.6 Å². The lowest BCUT2D eigenvalue weighted by Crippen LogP contribution is -2.37. The summed E-state index contributed by atoms with van der Waals surface area (Å²) < 4.78 is 26.3. The van der Waals surface area contributed by atoms with Crippen molar-refractivity contribution in [3.05, 3.63) is 95.8 Å². The first kappa shape index (κ1) is 42.0. The summed E-state index contributed by atoms with van der Waals surface area (Å²) in [7, 11) is 0. The minimum atomic E-state index is -0.273. The zero-order valence-electron chi connectivity index (χ0n) is 35.7. The maximum absolute atomic E-state index is 13.2. The van der Waals surface area contributed by atoms with Gasteiger partial charge in [-0.25, -0.2) is 19.0 Å². The number of nitrogens with zero attached hydrogens (tertiary/aromatic N) is 10. The topological polar surface area (TPSA) is 210 Å². The Balaban J connectivity index is 0.000000162. The van der Waals surface area contributed by atoms with Crippen LogP contribution in [0.25, 0.3) is 11.3 Å². The van der Waals surface area contributed by atoms with Crippen molar-refractivity contribution in [2.24, 2.45) is 10.8 Å². The highest BCUT2D eigenvalue weighted by atomic mass is 16.5. The van der Waals surface area contributed by atoms with E-state index in [4.69, 9.17) is 18.9 Å². The van der Waals surface area contributed by atoms with E-state index < -0.39 is 0 Å². The van der Waals surface area contributed by atoms with Crippen molar-refractivity contribution in [1.29, 1.82) is 10.5 Å². The fraction of sp³-hybridized carbons (Fsp3) is 0.391. The largest absolute Gasteiger partial charge is 0.493 e. The molecule has 2 N–H and O–H groups in total. The standard InChI is InChI=1S/2C23H24N6O3/c2*1-23(3-4-24)13-16-11-18(19(12-20(16)32-15-23)28-7-9-31-10-8-28)27-22(30)17-14-26-29-6-2-5-25-21(17)29/h2*2,5-6,11-12,14H,3,7-10,13,15H2,1H3,(H,27,30)/t2*23-/m10/s1. The highest BCUT2D eigenvalue weighted by Gasteiger charge is 2.35. The summed E-state index contributed by atoms with van der Waals surface area (Å²) in [5, 5.41) is 33.0. The summed E-state index contributed by atoms with van der Waals surface area (Å²) >= 11 is 0. The predicted octanol–water partition coefficient (Wildman–Crippen LogP) is 5.35. The highest BCUT2D eigenvalue weighted by molar-refractivity contribution is 6.10. The van der Waals surface area contributed by atoms with Crippen LogP contribution in [-0.4, -0.2) is 107 Å². The van der Waals surface area contributed by atoms with Gasteiger partial charge in [0, 0.05) is 86.8 Å². The van der Waals surface area contributed by atoms with E-state index in [1.807, 2.05) is 24.3 Å². The molecule has 18 nitrogen and oxygen atoms in total. The molecule has 2 aromatic carbocycles. The number of benzene rings is 2. The first-order valence-electron chi connectivity index (χ1n) is 21.3. The molecule has 10 rings (SSSR count). The smallest absolute Gasteiger partial charge is 0.261 e. The number of rotatable bonds is 8. The minimum absolute atomic E-state index is 0.254. The van der Waals surface area contributed by atoms with Crippen LogP contribution in [0.5, 0.6) is 11.5 Å². The van der Waals surface area contributed by atoms with E-state index in [0.717, 1.165) is 60.2 Å². The average Bonchev–Trinajstić information content (AvgIpc) is 3.95. The zero-order valence-corrected chi connectivity index (χ0v) is 35.7. The number of amides is 2. The molecule has 2 saturated heterocycles. The van der Waals surface area contributed by atoms with Crippen molar-refractivity contribution in [3.63, 3.8) is 0 Å². The van der Waals surface area contributed by atoms with Crippen LogP contribution >= 0.6 is 0 Å². The van der Waals surface area contributed by atoms with E-state index in [9.17, 15) is 20.1 Å². The van der Waals surface area contributed by atoms with E-state index in [1.54, 1.807) is 46.0 Å². The number of aromatic nitrogens is 6. The average molecular weight is 865 g/mol. The normalized spacial score (nSPS) is 20.3. The third kappa shape index (κ3) is 8.70. The number of nitriles is 2. The second-order valence-electron chi connectivity index (χ2n) is 17.2. The molecule has 2 fully saturated rings. The Hall–Kier alpha value is -7.28. The number of anilines is 4. The van der Waals surface area contributed by atoms with Gasteiger partial charge in [-0.2, -0.15) is 20.7 Å². The number of ether oxygens (including phenoxy) is 4. The first-order valence-corrected chi connectivity index (χ1v) is 21.3. The molecule has 6 aromatic rings. The minimum Gasteiger partial charge on any atom is -0.493 e. The van der Waals surface area contributed by atoms with Crippen LogP contribution in [0.15, 0.2) is 73.6 Å². The molecule has 8 heterocycles. The van der Waals surface area contributed by atoms with Gasteiger partial charge >= 0.3 is 0 Å². The number of hydrogen-bond donors (Lipinski definition) is 2. The van der Waals surface area contributed by atoms with E-state index in [0.29, 0.717) is 99.1 Å². The van der Waals surface area contributed by atoms with Crippen molar-refractivity contribution >= 4 is 45.9 Å². The molecule has 0 saturated carbocycles. The second-order valence-corrected chi connectivity index (χ2v) is 17.2. The quantitative estimate of drug-likeness (QED) is 0.198. The fourth-order valence-corrected chi connectivity index (χ4v) is 8.59. The predicted molar refractivity (Wildman–Crippen MR) is 236 cm³/mol. The van der Waals surface area contributed by atoms with Crippen molar-refractivity contribution in [1.82, 2.24) is 29.2 Å². The van der Waals surface area contributed by atoms with E-state index >= 15 is 0 Å². The van der Waals surface area contributed by atoms with E-state index in [1.165, 1.54) is 12.4 Å². The molecular weight excluding hydrogens is 817 g/mol. The Morgan fingerprint density at radius 3 is 1.50 bits per heavy atom. The van der Waals surface area contributed by atoms with Gasteiger partial charge in [0.1, 0.15) is 22.6 Å². The van der Waals surface area contributed by atoms with Crippen LogP contribution < -0.4 is 29.9 Å². The molecule has 4 aliphatic rings. The number of carbonyl (C=O) groups excluding carboxylic acids is 2. The third-order valence-electron chi connectivity index (χ3n) is 12.0. The van der Waals surface area contributed by atoms with Crippen molar-refractivity contribution < 1.29 is 28.5 Å². The summed E-state index contributed by atoms with van der Waals surface area (Å²) in [6, 6.07) is 16.0. The van der Waals surface area contributed by atoms with Crippen LogP contribution in [0.1, 0.15) is 58.5 Å². The first-order chi connectivity index (χ1) is 31.1. The van der Waals surface area contributed by atoms with Crippen LogP contribution in [0.3, 0.4) is 0 Å². The Labute approximate surface area is 369 Å². The van der Waals surface area contributed by atoms with Gasteiger partial charge in [-0.15, -0.1) is 0 Å². The van der Waals surface area contributed by atoms with Crippen LogP contribution in [0.4, 0.5) is 22.7 Å². The molecule has 0 aliphatic carbocycles. The lowest BCUT2D eigenvalue weighted by atomic mass is 9.80. The van der Waals surface area contributed by atoms with Crippen LogP contribution in [0.2, 0.25) is 0 Å². The van der Waals surface area contributed by atoms with Gasteiger partial charge in [-0.1, -0.05) is 13.8 Å². The Kier molecular flexibility index (Phi) is 11.7. The zero-order chi connectivity index (χ0) is 44.3. The van der Waals surface area contributed by atoms with Gasteiger partial charge in [0.2, 0.25) is 0 Å². The van der Waals surface area contributed by atoms with Gasteiger partial charge in [-0.3, -0.25) is 9.59 Å². The van der Waals surface area contributed by atoms with Gasteiger partial charge in [-0.05, 0) is 48.2 Å². The lowest BCUT2D eigenvalue weighted by molar-refractivity contribution is 0.101. The Morgan fingerprint density at radius 2 is 1.09 bits per heavy atom. The molecule has 0 spiro atoms. The summed E-state index contributed by atoms with van der Waals surface area (Å²) in [6.07, 6.45) is 12.1. The number of hydrogen-bond acceptors (Lipinski definition) is 14. The summed E-state index contributed by atoms with van der Waals surface area (Å²) in [5.74, 6) is 1.06. The molecule has 0 bridgehead atoms. The summed E-state index contributed by atoms with van der Waals surface area (Å²) in [6.45, 7) is 10.5. The molecule has 2 atom stereocenters. The molecule has 0 unspecified atom stereocenters. The summed E-state index contributed by atoms with van der Waals surface area (Å²) in [5.41, 5.74) is 6.48. The number of fused-ring (bicyclic) bond motifs is 4. The number of carbonyl (C=O) groups is 2. The Morgan fingerprint density at radius 1 is 0.672 bits per heavy atom. The maximum atomic E-state index is 13.2. The van der Waals surface area contributed by atoms with Crippen LogP contribution in [0, 0.1) is 33.5 Å². The molecule has 2 amide bonds. The van der Waals surface area contributed by atoms with Gasteiger partial charge < -0.3 is 39.4 Å². The van der Waals surface area contributed by atoms with Gasteiger partial charge in [0.15, 0.2) is 11.3 Å². The Bertz CT molecular complexity index is 2610. The SMILES string of the molecule is C[C@@]1(CC#N)COc2cc(N3CCOCC3)c(NC(=O)c3cnn4cccnc34)cc2C1.C[C@]1(CC#N)COc2cc(N3CCOCC3)c(NC(=O)c3cnn4cccnc34)cc2C1. The molecule has 4 aromatic heterocycles. The second kappa shape index (κ2) is 17.8. The number of nitrogens with one attached hydrogen (secondary N) is 2. The van der Waals surface area contributed by atoms with Crippen LogP contribution in [-0.2, 0) is 22.3 Å². The fourth-order valence-electron chi connectivity index (χ4n) is 8.59. The van der Waals surface area contributed by atoms with Crippen molar-refractivity contribution in [2.75, 3.05) is 86.3 Å². The molecule has 0 radical (unpaired) electrons. The molecule has 18 heteroatoms. The van der Waals surface area contributed by atoms with Gasteiger partial charge in [0.25, 0.3) is 11.8 Å². The van der Waals surface area contributed by atoms with Crippen molar-refractivity contribution in [2.45, 2.75) is 39.5 Å². The van der Waals surface area contributed by atoms with Crippen molar-refractivity contribution in [3.8, 4) is 23.6 Å². The van der Waals surface area contributed by atoms with E-state index in [-0.39, 0.29) is 22.6 Å². The summed E-state index contributed by atoms with van der Waals surface area (Å²) in [4.78, 5) is 39.4. The molecule has 328 valence electrons. The third-order valence-corrected chi connectivity index (χ3v) is 12.0. The highest BCUT2D eigenvalue weighted by Crippen LogP contribution is 2.44. The monoisotopic (exact) mass is 864 g/mol. The lowest BCUT2D eigenvalue weighted by Gasteiger charge is -2.36. The molecule has 64 heavy (non-hydrogen) atoms.